The second kappa shape index (κ2) is 5.04. The van der Waals surface area contributed by atoms with Crippen LogP contribution in [-0.2, 0) is 6.54 Å². The Balaban J connectivity index is 2.04. The first-order chi connectivity index (χ1) is 9.54. The summed E-state index contributed by atoms with van der Waals surface area (Å²) in [5, 5.41) is 1.06. The predicted octanol–water partition coefficient (Wildman–Crippen LogP) is 4.67. The molecular formula is C14H8Cl2F2N2. The van der Waals surface area contributed by atoms with E-state index in [1.165, 1.54) is 6.33 Å². The molecule has 1 heterocycles. The Labute approximate surface area is 123 Å². The van der Waals surface area contributed by atoms with Crippen molar-refractivity contribution >= 4 is 34.2 Å². The highest BCUT2D eigenvalue weighted by Crippen LogP contribution is 2.24. The Morgan fingerprint density at radius 1 is 1.05 bits per heavy atom. The van der Waals surface area contributed by atoms with Crippen LogP contribution in [0.3, 0.4) is 0 Å². The Morgan fingerprint density at radius 3 is 2.55 bits per heavy atom. The fourth-order valence-electron chi connectivity index (χ4n) is 2.01. The van der Waals surface area contributed by atoms with Gasteiger partial charge in [-0.2, -0.15) is 0 Å². The number of hydrogen-bond donors (Lipinski definition) is 0. The zero-order valence-electron chi connectivity index (χ0n) is 10.1. The number of imidazole rings is 1. The normalized spacial score (nSPS) is 11.2. The van der Waals surface area contributed by atoms with Gasteiger partial charge in [-0.15, -0.1) is 0 Å². The van der Waals surface area contributed by atoms with Gasteiger partial charge in [-0.3, -0.25) is 0 Å². The molecule has 0 radical (unpaired) electrons. The molecule has 0 atom stereocenters. The van der Waals surface area contributed by atoms with Crippen LogP contribution in [0.2, 0.25) is 10.0 Å². The van der Waals surface area contributed by atoms with Gasteiger partial charge in [-0.25, -0.2) is 13.8 Å². The van der Waals surface area contributed by atoms with Crippen molar-refractivity contribution < 1.29 is 8.78 Å². The number of fused-ring (bicyclic) bond motifs is 1. The first-order valence-corrected chi connectivity index (χ1v) is 6.54. The van der Waals surface area contributed by atoms with Crippen LogP contribution in [0.4, 0.5) is 8.78 Å². The molecule has 1 aromatic heterocycles. The van der Waals surface area contributed by atoms with E-state index in [0.717, 1.165) is 17.7 Å². The van der Waals surface area contributed by atoms with Crippen LogP contribution in [0.25, 0.3) is 11.0 Å². The number of benzene rings is 2. The molecule has 0 saturated heterocycles. The van der Waals surface area contributed by atoms with Crippen LogP contribution >= 0.6 is 23.2 Å². The highest BCUT2D eigenvalue weighted by atomic mass is 35.5. The molecule has 20 heavy (non-hydrogen) atoms. The van der Waals surface area contributed by atoms with Gasteiger partial charge < -0.3 is 4.57 Å². The largest absolute Gasteiger partial charge is 0.326 e. The molecule has 6 heteroatoms. The molecule has 0 aliphatic heterocycles. The summed E-state index contributed by atoms with van der Waals surface area (Å²) in [7, 11) is 0. The van der Waals surface area contributed by atoms with Crippen molar-refractivity contribution in [2.45, 2.75) is 6.54 Å². The van der Waals surface area contributed by atoms with Gasteiger partial charge >= 0.3 is 0 Å². The number of hydrogen-bond acceptors (Lipinski definition) is 1. The van der Waals surface area contributed by atoms with Gasteiger partial charge in [0.05, 0.1) is 23.9 Å². The minimum absolute atomic E-state index is 0.397. The lowest BCUT2D eigenvalue weighted by atomic mass is 10.2. The van der Waals surface area contributed by atoms with Crippen LogP contribution in [-0.4, -0.2) is 9.55 Å². The maximum atomic E-state index is 13.3. The van der Waals surface area contributed by atoms with E-state index in [4.69, 9.17) is 23.2 Å². The monoisotopic (exact) mass is 312 g/mol. The molecule has 0 N–H and O–H groups in total. The maximum Gasteiger partial charge on any atom is 0.161 e. The lowest BCUT2D eigenvalue weighted by molar-refractivity contribution is 0.510. The van der Waals surface area contributed by atoms with E-state index in [9.17, 15) is 8.78 Å². The van der Waals surface area contributed by atoms with E-state index in [-0.39, 0.29) is 0 Å². The van der Waals surface area contributed by atoms with Crippen LogP contribution in [0, 0.1) is 11.6 Å². The first kappa shape index (κ1) is 13.3. The standard InChI is InChI=1S/C14H8Cl2F2N2/c15-9-2-1-8(10(16)3-9)6-20-7-19-13-4-11(17)12(18)5-14(13)20/h1-5,7H,6H2. The molecule has 102 valence electrons. The Morgan fingerprint density at radius 2 is 1.80 bits per heavy atom. The van der Waals surface area contributed by atoms with Crippen LogP contribution in [0.5, 0.6) is 0 Å². The summed E-state index contributed by atoms with van der Waals surface area (Å²) in [6.45, 7) is 0.400. The Bertz CT molecular complexity index is 799. The molecule has 3 aromatic rings. The van der Waals surface area contributed by atoms with Crippen molar-refractivity contribution in [3.05, 3.63) is 63.9 Å². The van der Waals surface area contributed by atoms with Crippen molar-refractivity contribution in [2.75, 3.05) is 0 Å². The lowest BCUT2D eigenvalue weighted by Crippen LogP contribution is -1.99. The van der Waals surface area contributed by atoms with Gasteiger partial charge in [0.2, 0.25) is 0 Å². The van der Waals surface area contributed by atoms with Crippen molar-refractivity contribution in [1.29, 1.82) is 0 Å². The number of rotatable bonds is 2. The van der Waals surface area contributed by atoms with Crippen molar-refractivity contribution in [1.82, 2.24) is 9.55 Å². The minimum atomic E-state index is -0.910. The smallest absolute Gasteiger partial charge is 0.161 e. The summed E-state index contributed by atoms with van der Waals surface area (Å²) in [5.41, 5.74) is 1.73. The molecule has 0 bridgehead atoms. The molecule has 0 fully saturated rings. The average molecular weight is 313 g/mol. The second-order valence-electron chi connectivity index (χ2n) is 4.36. The summed E-state index contributed by atoms with van der Waals surface area (Å²) >= 11 is 11.9. The van der Waals surface area contributed by atoms with Gasteiger partial charge in [0, 0.05) is 22.2 Å². The van der Waals surface area contributed by atoms with E-state index >= 15 is 0 Å². The zero-order chi connectivity index (χ0) is 14.3. The van der Waals surface area contributed by atoms with Gasteiger partial charge in [0.1, 0.15) is 0 Å². The third-order valence-electron chi connectivity index (χ3n) is 3.02. The summed E-state index contributed by atoms with van der Waals surface area (Å²) in [6.07, 6.45) is 1.52. The molecule has 0 saturated carbocycles. The maximum absolute atomic E-state index is 13.3. The molecule has 2 nitrogen and oxygen atoms in total. The van der Waals surface area contributed by atoms with E-state index in [1.54, 1.807) is 22.8 Å². The van der Waals surface area contributed by atoms with Gasteiger partial charge in [0.25, 0.3) is 0 Å². The third-order valence-corrected chi connectivity index (χ3v) is 3.61. The SMILES string of the molecule is Fc1cc2ncn(Cc3ccc(Cl)cc3Cl)c2cc1F. The fourth-order valence-corrected chi connectivity index (χ4v) is 2.48. The number of nitrogens with zero attached hydrogens (tertiary/aromatic N) is 2. The summed E-state index contributed by atoms with van der Waals surface area (Å²) < 4.78 is 28.2. The molecule has 0 unspecified atom stereocenters. The van der Waals surface area contributed by atoms with Crippen LogP contribution in [0.15, 0.2) is 36.7 Å². The van der Waals surface area contributed by atoms with Crippen molar-refractivity contribution in [3.63, 3.8) is 0 Å². The lowest BCUT2D eigenvalue weighted by Gasteiger charge is -2.07. The van der Waals surface area contributed by atoms with Gasteiger partial charge in [0.15, 0.2) is 11.6 Å². The second-order valence-corrected chi connectivity index (χ2v) is 5.21. The molecule has 0 spiro atoms. The molecule has 0 amide bonds. The van der Waals surface area contributed by atoms with E-state index < -0.39 is 11.6 Å². The molecular weight excluding hydrogens is 305 g/mol. The van der Waals surface area contributed by atoms with E-state index in [2.05, 4.69) is 4.98 Å². The summed E-state index contributed by atoms with van der Waals surface area (Å²) in [4.78, 5) is 4.05. The van der Waals surface area contributed by atoms with E-state index in [0.29, 0.717) is 27.6 Å². The quantitative estimate of drug-likeness (QED) is 0.672. The third kappa shape index (κ3) is 2.37. The van der Waals surface area contributed by atoms with Crippen molar-refractivity contribution in [2.24, 2.45) is 0 Å². The zero-order valence-corrected chi connectivity index (χ0v) is 11.6. The first-order valence-electron chi connectivity index (χ1n) is 5.78. The van der Waals surface area contributed by atoms with E-state index in [1.807, 2.05) is 0 Å². The van der Waals surface area contributed by atoms with Crippen molar-refractivity contribution in [3.8, 4) is 0 Å². The van der Waals surface area contributed by atoms with Gasteiger partial charge in [-0.1, -0.05) is 29.3 Å². The summed E-state index contributed by atoms with van der Waals surface area (Å²) in [6, 6.07) is 7.35. The number of halogens is 4. The average Bonchev–Trinajstić information content (AvgIpc) is 2.76. The molecule has 0 aliphatic carbocycles. The molecule has 2 aromatic carbocycles. The highest BCUT2D eigenvalue weighted by molar-refractivity contribution is 6.35. The summed E-state index contributed by atoms with van der Waals surface area (Å²) in [5.74, 6) is -1.81. The molecule has 0 aliphatic rings. The predicted molar refractivity (Wildman–Crippen MR) is 75.2 cm³/mol. The van der Waals surface area contributed by atoms with Crippen LogP contribution < -0.4 is 0 Å². The topological polar surface area (TPSA) is 17.8 Å². The highest BCUT2D eigenvalue weighted by Gasteiger charge is 2.10. The Hall–Kier alpha value is -1.65. The minimum Gasteiger partial charge on any atom is -0.326 e. The van der Waals surface area contributed by atoms with Gasteiger partial charge in [-0.05, 0) is 17.7 Å². The Kier molecular flexibility index (Phi) is 3.36. The fraction of sp³-hybridized carbons (Fsp3) is 0.0714. The number of aromatic nitrogens is 2. The van der Waals surface area contributed by atoms with Crippen LogP contribution in [0.1, 0.15) is 5.56 Å². The molecule has 3 rings (SSSR count).